The number of carbonyl (C=O) groups is 2. The second kappa shape index (κ2) is 10.8. The van der Waals surface area contributed by atoms with Crippen LogP contribution in [-0.4, -0.2) is 34.0 Å². The van der Waals surface area contributed by atoms with Crippen LogP contribution in [0.3, 0.4) is 0 Å². The first-order valence-corrected chi connectivity index (χ1v) is 10.3. The summed E-state index contributed by atoms with van der Waals surface area (Å²) in [6, 6.07) is 18.9. The lowest BCUT2D eigenvalue weighted by Crippen LogP contribution is -2.21. The number of esters is 1. The molecule has 0 aliphatic rings. The highest BCUT2D eigenvalue weighted by Crippen LogP contribution is 2.26. The van der Waals surface area contributed by atoms with E-state index in [2.05, 4.69) is 16.5 Å². The highest BCUT2D eigenvalue weighted by molar-refractivity contribution is 7.99. The Kier molecular flexibility index (Phi) is 7.64. The largest absolute Gasteiger partial charge is 0.456 e. The second-order valence-corrected chi connectivity index (χ2v) is 7.30. The fourth-order valence-corrected chi connectivity index (χ4v) is 3.34. The summed E-state index contributed by atoms with van der Waals surface area (Å²) < 4.78 is 6.82. The molecule has 3 rings (SSSR count). The van der Waals surface area contributed by atoms with E-state index in [0.717, 1.165) is 16.1 Å². The number of nitriles is 1. The second-order valence-electron chi connectivity index (χ2n) is 6.28. The van der Waals surface area contributed by atoms with Crippen LogP contribution in [0, 0.1) is 11.3 Å². The van der Waals surface area contributed by atoms with Gasteiger partial charge in [-0.2, -0.15) is 10.4 Å². The number of ether oxygens (including phenoxy) is 1. The number of nitrogens with one attached hydrogen (secondary N) is 1. The summed E-state index contributed by atoms with van der Waals surface area (Å²) in [7, 11) is 0. The monoisotopic (exact) mass is 420 g/mol. The van der Waals surface area contributed by atoms with Gasteiger partial charge in [-0.1, -0.05) is 30.3 Å². The van der Waals surface area contributed by atoms with Gasteiger partial charge in [-0.15, -0.1) is 11.8 Å². The molecule has 0 saturated heterocycles. The van der Waals surface area contributed by atoms with Gasteiger partial charge in [0.05, 0.1) is 29.4 Å². The van der Waals surface area contributed by atoms with Crippen molar-refractivity contribution in [3.63, 3.8) is 0 Å². The molecule has 0 spiro atoms. The molecular weight excluding hydrogens is 400 g/mol. The summed E-state index contributed by atoms with van der Waals surface area (Å²) in [5.74, 6) is -0.599. The van der Waals surface area contributed by atoms with Gasteiger partial charge >= 0.3 is 5.97 Å². The van der Waals surface area contributed by atoms with Crippen molar-refractivity contribution in [2.75, 3.05) is 17.7 Å². The lowest BCUT2D eigenvalue weighted by atomic mass is 10.2. The Balaban J connectivity index is 1.43. The van der Waals surface area contributed by atoms with E-state index in [-0.39, 0.29) is 18.8 Å². The minimum absolute atomic E-state index is 0.155. The predicted molar refractivity (Wildman–Crippen MR) is 114 cm³/mol. The molecule has 30 heavy (non-hydrogen) atoms. The molecule has 0 atom stereocenters. The van der Waals surface area contributed by atoms with E-state index < -0.39 is 11.9 Å². The Hall–Kier alpha value is -3.57. The molecule has 152 valence electrons. The number of nitrogens with zero attached hydrogens (tertiary/aromatic N) is 3. The molecule has 0 saturated carbocycles. The van der Waals surface area contributed by atoms with Gasteiger partial charge in [0.2, 0.25) is 0 Å². The van der Waals surface area contributed by atoms with Gasteiger partial charge in [-0.05, 0) is 36.2 Å². The van der Waals surface area contributed by atoms with E-state index in [1.165, 1.54) is 11.8 Å². The van der Waals surface area contributed by atoms with Crippen LogP contribution in [0.25, 0.3) is 5.69 Å². The maximum Gasteiger partial charge on any atom is 0.306 e. The SMILES string of the molecule is N#CCSc1ccccc1NC(=O)COC(=O)CCc1cnn(-c2ccccc2)c1. The quantitative estimate of drug-likeness (QED) is 0.420. The molecule has 0 aliphatic carbocycles. The van der Waals surface area contributed by atoms with Crippen molar-refractivity contribution in [3.8, 4) is 11.8 Å². The van der Waals surface area contributed by atoms with Gasteiger partial charge in [0.25, 0.3) is 5.91 Å². The van der Waals surface area contributed by atoms with Crippen molar-refractivity contribution in [2.24, 2.45) is 0 Å². The number of benzene rings is 2. The normalized spacial score (nSPS) is 10.2. The van der Waals surface area contributed by atoms with E-state index in [0.29, 0.717) is 12.1 Å². The number of anilines is 1. The number of thioether (sulfide) groups is 1. The fraction of sp³-hybridized carbons (Fsp3) is 0.182. The molecule has 7 nitrogen and oxygen atoms in total. The van der Waals surface area contributed by atoms with Gasteiger partial charge in [0, 0.05) is 17.5 Å². The van der Waals surface area contributed by atoms with Crippen LogP contribution < -0.4 is 5.32 Å². The van der Waals surface area contributed by atoms with Gasteiger partial charge in [0.1, 0.15) is 0 Å². The summed E-state index contributed by atoms with van der Waals surface area (Å²) in [5.41, 5.74) is 2.44. The Bertz CT molecular complexity index is 1040. The summed E-state index contributed by atoms with van der Waals surface area (Å²) in [4.78, 5) is 24.9. The van der Waals surface area contributed by atoms with Gasteiger partial charge < -0.3 is 10.1 Å². The number of aryl methyl sites for hydroxylation is 1. The topological polar surface area (TPSA) is 97.0 Å². The van der Waals surface area contributed by atoms with Crippen molar-refractivity contribution in [3.05, 3.63) is 72.6 Å². The number of para-hydroxylation sites is 2. The molecule has 3 aromatic rings. The highest BCUT2D eigenvalue weighted by Gasteiger charge is 2.11. The van der Waals surface area contributed by atoms with E-state index in [9.17, 15) is 9.59 Å². The summed E-state index contributed by atoms with van der Waals surface area (Å²) in [6.45, 7) is -0.362. The molecule has 1 aromatic heterocycles. The van der Waals surface area contributed by atoms with Crippen molar-refractivity contribution < 1.29 is 14.3 Å². The summed E-state index contributed by atoms with van der Waals surface area (Å²) >= 11 is 1.33. The van der Waals surface area contributed by atoms with Crippen LogP contribution >= 0.6 is 11.8 Å². The lowest BCUT2D eigenvalue weighted by molar-refractivity contribution is -0.147. The lowest BCUT2D eigenvalue weighted by Gasteiger charge is -2.10. The van der Waals surface area contributed by atoms with Crippen molar-refractivity contribution >= 4 is 29.3 Å². The minimum Gasteiger partial charge on any atom is -0.456 e. The van der Waals surface area contributed by atoms with Crippen LogP contribution in [-0.2, 0) is 20.7 Å². The maximum atomic E-state index is 12.1. The molecule has 0 radical (unpaired) electrons. The molecule has 1 heterocycles. The van der Waals surface area contributed by atoms with E-state index >= 15 is 0 Å². The molecule has 1 N–H and O–H groups in total. The van der Waals surface area contributed by atoms with Crippen LogP contribution in [0.15, 0.2) is 71.9 Å². The van der Waals surface area contributed by atoms with Crippen molar-refractivity contribution in [1.29, 1.82) is 5.26 Å². The third kappa shape index (κ3) is 6.22. The number of hydrogen-bond acceptors (Lipinski definition) is 6. The summed E-state index contributed by atoms with van der Waals surface area (Å²) in [5, 5.41) is 15.7. The average Bonchev–Trinajstić information content (AvgIpc) is 3.25. The molecule has 2 aromatic carbocycles. The highest BCUT2D eigenvalue weighted by atomic mass is 32.2. The average molecular weight is 420 g/mol. The number of hydrogen-bond donors (Lipinski definition) is 1. The Labute approximate surface area is 178 Å². The molecule has 0 aliphatic heterocycles. The maximum absolute atomic E-state index is 12.1. The van der Waals surface area contributed by atoms with E-state index in [1.807, 2.05) is 48.7 Å². The number of amides is 1. The standard InChI is InChI=1S/C22H20N4O3S/c23-12-13-30-20-9-5-4-8-19(20)25-21(27)16-29-22(28)11-10-17-14-24-26(15-17)18-6-2-1-3-7-18/h1-9,14-15H,10-11,13,16H2,(H,25,27). The van der Waals surface area contributed by atoms with Crippen LogP contribution in [0.4, 0.5) is 5.69 Å². The zero-order chi connectivity index (χ0) is 21.2. The van der Waals surface area contributed by atoms with E-state index in [1.54, 1.807) is 23.0 Å². The summed E-state index contributed by atoms with van der Waals surface area (Å²) in [6.07, 6.45) is 4.21. The smallest absolute Gasteiger partial charge is 0.306 e. The molecular formula is C22H20N4O3S. The van der Waals surface area contributed by atoms with Crippen LogP contribution in [0.2, 0.25) is 0 Å². The molecule has 0 bridgehead atoms. The third-order valence-corrected chi connectivity index (χ3v) is 5.03. The van der Waals surface area contributed by atoms with Crippen molar-refractivity contribution in [1.82, 2.24) is 9.78 Å². The van der Waals surface area contributed by atoms with Gasteiger partial charge in [-0.25, -0.2) is 4.68 Å². The van der Waals surface area contributed by atoms with Gasteiger partial charge in [-0.3, -0.25) is 9.59 Å². The first-order valence-electron chi connectivity index (χ1n) is 9.29. The first-order chi connectivity index (χ1) is 14.7. The minimum atomic E-state index is -0.454. The Morgan fingerprint density at radius 3 is 2.70 bits per heavy atom. The van der Waals surface area contributed by atoms with E-state index in [4.69, 9.17) is 10.00 Å². The molecule has 1 amide bonds. The molecule has 0 unspecified atom stereocenters. The fourth-order valence-electron chi connectivity index (χ4n) is 2.67. The van der Waals surface area contributed by atoms with Gasteiger partial charge in [0.15, 0.2) is 6.61 Å². The third-order valence-electron chi connectivity index (χ3n) is 4.09. The predicted octanol–water partition coefficient (Wildman–Crippen LogP) is 3.60. The Morgan fingerprint density at radius 2 is 1.90 bits per heavy atom. The zero-order valence-corrected chi connectivity index (χ0v) is 17.0. The first kappa shape index (κ1) is 21.1. The number of aromatic nitrogens is 2. The van der Waals surface area contributed by atoms with Crippen LogP contribution in [0.5, 0.6) is 0 Å². The zero-order valence-electron chi connectivity index (χ0n) is 16.2. The number of rotatable bonds is 9. The molecule has 0 fully saturated rings. The van der Waals surface area contributed by atoms with Crippen molar-refractivity contribution in [2.45, 2.75) is 17.7 Å². The molecule has 8 heteroatoms. The van der Waals surface area contributed by atoms with Crippen LogP contribution in [0.1, 0.15) is 12.0 Å². The Morgan fingerprint density at radius 1 is 1.13 bits per heavy atom. The number of carbonyl (C=O) groups excluding carboxylic acids is 2.